The fourth-order valence-corrected chi connectivity index (χ4v) is 5.18. The molecule has 4 nitrogen and oxygen atoms in total. The second-order valence-corrected chi connectivity index (χ2v) is 9.67. The minimum atomic E-state index is -0.652. The maximum absolute atomic E-state index is 14.5. The first-order valence-electron chi connectivity index (χ1n) is 12.8. The van der Waals surface area contributed by atoms with Crippen LogP contribution in [0, 0.1) is 18.6 Å². The zero-order valence-corrected chi connectivity index (χ0v) is 21.7. The van der Waals surface area contributed by atoms with E-state index in [0.717, 1.165) is 5.56 Å². The van der Waals surface area contributed by atoms with E-state index < -0.39 is 23.6 Å². The summed E-state index contributed by atoms with van der Waals surface area (Å²) in [6.45, 7) is 3.69. The van der Waals surface area contributed by atoms with Crippen LogP contribution in [0.1, 0.15) is 46.8 Å². The first-order chi connectivity index (χ1) is 18.8. The molecule has 0 spiro atoms. The summed E-state index contributed by atoms with van der Waals surface area (Å²) >= 11 is 0. The van der Waals surface area contributed by atoms with E-state index in [-0.39, 0.29) is 17.7 Å². The average Bonchev–Trinajstić information content (AvgIpc) is 2.93. The van der Waals surface area contributed by atoms with Gasteiger partial charge in [-0.1, -0.05) is 72.8 Å². The first-order valence-corrected chi connectivity index (χ1v) is 12.8. The van der Waals surface area contributed by atoms with E-state index in [1.165, 1.54) is 28.9 Å². The van der Waals surface area contributed by atoms with E-state index >= 15 is 0 Å². The number of aromatic nitrogens is 2. The molecule has 0 bridgehead atoms. The Kier molecular flexibility index (Phi) is 7.37. The average molecular weight is 523 g/mol. The highest BCUT2D eigenvalue weighted by Gasteiger charge is 2.29. The van der Waals surface area contributed by atoms with Crippen molar-refractivity contribution in [3.05, 3.63) is 153 Å². The Morgan fingerprint density at radius 3 is 2.15 bits per heavy atom. The topological polar surface area (TPSA) is 55.1 Å². The van der Waals surface area contributed by atoms with Gasteiger partial charge in [-0.15, -0.1) is 0 Å². The van der Waals surface area contributed by atoms with E-state index in [9.17, 15) is 18.7 Å². The van der Waals surface area contributed by atoms with Crippen LogP contribution in [0.15, 0.2) is 108 Å². The summed E-state index contributed by atoms with van der Waals surface area (Å²) in [5.41, 5.74) is 3.61. The van der Waals surface area contributed by atoms with Crippen molar-refractivity contribution in [1.29, 1.82) is 0 Å². The number of benzene rings is 4. The predicted molar refractivity (Wildman–Crippen MR) is 149 cm³/mol. The Bertz CT molecular complexity index is 1680. The van der Waals surface area contributed by atoms with E-state index in [0.29, 0.717) is 33.5 Å². The van der Waals surface area contributed by atoms with Crippen molar-refractivity contribution in [3.8, 4) is 16.9 Å². The van der Waals surface area contributed by atoms with Crippen molar-refractivity contribution in [2.75, 3.05) is 0 Å². The van der Waals surface area contributed by atoms with Gasteiger partial charge in [0.15, 0.2) is 0 Å². The lowest BCUT2D eigenvalue weighted by Gasteiger charge is -2.25. The molecule has 5 aromatic rings. The third kappa shape index (κ3) is 5.36. The molecule has 2 atom stereocenters. The normalized spacial score (nSPS) is 12.7. The number of aromatic hydroxyl groups is 1. The molecule has 1 aromatic heterocycles. The molecule has 0 saturated heterocycles. The number of hydrogen-bond acceptors (Lipinski definition) is 3. The minimum Gasteiger partial charge on any atom is -0.507 e. The van der Waals surface area contributed by atoms with Crippen LogP contribution in [-0.4, -0.2) is 14.9 Å². The van der Waals surface area contributed by atoms with Crippen molar-refractivity contribution in [3.63, 3.8) is 0 Å². The SMILES string of the molecule is Cc1nn(C(C)c2ccccc2)c(=O)c(C(Cc2cccc(F)c2)c2cccc(F)c2)c1-c1ccccc1O. The van der Waals surface area contributed by atoms with Gasteiger partial charge in [-0.3, -0.25) is 4.79 Å². The highest BCUT2D eigenvalue weighted by atomic mass is 19.1. The van der Waals surface area contributed by atoms with Crippen LogP contribution in [-0.2, 0) is 6.42 Å². The number of phenolic OH excluding ortho intramolecular Hbond substituents is 1. The number of hydrogen-bond donors (Lipinski definition) is 1. The van der Waals surface area contributed by atoms with Crippen LogP contribution in [0.4, 0.5) is 8.78 Å². The molecule has 0 amide bonds. The summed E-state index contributed by atoms with van der Waals surface area (Å²) in [7, 11) is 0. The fraction of sp³-hybridized carbons (Fsp3) is 0.152. The molecule has 5 rings (SSSR count). The van der Waals surface area contributed by atoms with Gasteiger partial charge in [0.1, 0.15) is 17.4 Å². The van der Waals surface area contributed by atoms with Crippen molar-refractivity contribution in [2.45, 2.75) is 32.2 Å². The number of rotatable bonds is 7. The molecule has 2 unspecified atom stereocenters. The van der Waals surface area contributed by atoms with Crippen LogP contribution < -0.4 is 5.56 Å². The Morgan fingerprint density at radius 2 is 1.46 bits per heavy atom. The standard InChI is InChI=1S/C33H28F2N2O2/c1-21-31(28-16-6-7-17-30(28)38)32(33(39)37(36-21)22(2)24-11-4-3-5-12-24)29(25-13-9-15-27(35)20-25)19-23-10-8-14-26(34)18-23/h3-18,20,22,29,38H,19H2,1-2H3. The van der Waals surface area contributed by atoms with Gasteiger partial charge >= 0.3 is 0 Å². The molecule has 0 radical (unpaired) electrons. The largest absolute Gasteiger partial charge is 0.507 e. The van der Waals surface area contributed by atoms with Gasteiger partial charge in [0.05, 0.1) is 11.7 Å². The molecule has 0 saturated carbocycles. The van der Waals surface area contributed by atoms with Crippen LogP contribution >= 0.6 is 0 Å². The highest BCUT2D eigenvalue weighted by Crippen LogP contribution is 2.39. The summed E-state index contributed by atoms with van der Waals surface area (Å²) in [6, 6.07) is 28.3. The Morgan fingerprint density at radius 1 is 0.821 bits per heavy atom. The lowest BCUT2D eigenvalue weighted by Crippen LogP contribution is -2.33. The summed E-state index contributed by atoms with van der Waals surface area (Å²) in [4.78, 5) is 14.4. The zero-order chi connectivity index (χ0) is 27.5. The van der Waals surface area contributed by atoms with Gasteiger partial charge in [-0.05, 0) is 67.3 Å². The maximum atomic E-state index is 14.5. The van der Waals surface area contributed by atoms with Crippen LogP contribution in [0.25, 0.3) is 11.1 Å². The van der Waals surface area contributed by atoms with Crippen molar-refractivity contribution >= 4 is 0 Å². The summed E-state index contributed by atoms with van der Waals surface area (Å²) in [5, 5.41) is 15.5. The van der Waals surface area contributed by atoms with Gasteiger partial charge in [0.2, 0.25) is 0 Å². The fourth-order valence-electron chi connectivity index (χ4n) is 5.18. The molecular weight excluding hydrogens is 494 g/mol. The number of nitrogens with zero attached hydrogens (tertiary/aromatic N) is 2. The van der Waals surface area contributed by atoms with E-state index in [1.54, 1.807) is 55.5 Å². The minimum absolute atomic E-state index is 0.000607. The van der Waals surface area contributed by atoms with E-state index in [2.05, 4.69) is 0 Å². The maximum Gasteiger partial charge on any atom is 0.271 e. The van der Waals surface area contributed by atoms with Gasteiger partial charge in [0.25, 0.3) is 5.56 Å². The number of halogens is 2. The Balaban J connectivity index is 1.82. The zero-order valence-electron chi connectivity index (χ0n) is 21.7. The molecule has 0 aliphatic heterocycles. The lowest BCUT2D eigenvalue weighted by molar-refractivity contribution is 0.476. The van der Waals surface area contributed by atoms with Gasteiger partial charge < -0.3 is 5.11 Å². The molecule has 1 heterocycles. The molecule has 0 fully saturated rings. The predicted octanol–water partition coefficient (Wildman–Crippen LogP) is 7.19. The molecule has 1 N–H and O–H groups in total. The van der Waals surface area contributed by atoms with Crippen LogP contribution in [0.5, 0.6) is 5.75 Å². The molecular formula is C33H28F2N2O2. The molecule has 4 aromatic carbocycles. The molecule has 196 valence electrons. The first kappa shape index (κ1) is 26.0. The summed E-state index contributed by atoms with van der Waals surface area (Å²) in [5.74, 6) is -1.49. The van der Waals surface area contributed by atoms with Crippen molar-refractivity contribution < 1.29 is 13.9 Å². The Labute approximate surface area is 225 Å². The van der Waals surface area contributed by atoms with Gasteiger partial charge in [-0.2, -0.15) is 5.10 Å². The third-order valence-electron chi connectivity index (χ3n) is 7.08. The van der Waals surface area contributed by atoms with Gasteiger partial charge in [-0.25, -0.2) is 13.5 Å². The second kappa shape index (κ2) is 11.0. The van der Waals surface area contributed by atoms with E-state index in [1.807, 2.05) is 37.3 Å². The highest BCUT2D eigenvalue weighted by molar-refractivity contribution is 5.75. The molecule has 0 aliphatic carbocycles. The number of para-hydroxylation sites is 1. The second-order valence-electron chi connectivity index (χ2n) is 9.67. The molecule has 39 heavy (non-hydrogen) atoms. The molecule has 6 heteroatoms. The Hall–Kier alpha value is -4.58. The van der Waals surface area contributed by atoms with Crippen molar-refractivity contribution in [1.82, 2.24) is 9.78 Å². The van der Waals surface area contributed by atoms with Gasteiger partial charge in [0, 0.05) is 22.6 Å². The van der Waals surface area contributed by atoms with Crippen LogP contribution in [0.3, 0.4) is 0 Å². The quantitative estimate of drug-likeness (QED) is 0.246. The van der Waals surface area contributed by atoms with E-state index in [4.69, 9.17) is 5.10 Å². The number of aryl methyl sites for hydroxylation is 1. The third-order valence-corrected chi connectivity index (χ3v) is 7.08. The summed E-state index contributed by atoms with van der Waals surface area (Å²) in [6.07, 6.45) is 0.236. The van der Waals surface area contributed by atoms with Crippen LogP contribution in [0.2, 0.25) is 0 Å². The number of phenols is 1. The lowest BCUT2D eigenvalue weighted by atomic mass is 9.82. The smallest absolute Gasteiger partial charge is 0.271 e. The molecule has 0 aliphatic rings. The summed E-state index contributed by atoms with van der Waals surface area (Å²) < 4.78 is 30.2. The van der Waals surface area contributed by atoms with Crippen molar-refractivity contribution in [2.24, 2.45) is 0 Å². The monoisotopic (exact) mass is 522 g/mol.